The van der Waals surface area contributed by atoms with Gasteiger partial charge < -0.3 is 9.30 Å². The first-order valence-electron chi connectivity index (χ1n) is 6.19. The molecule has 0 aliphatic heterocycles. The fourth-order valence-corrected chi connectivity index (χ4v) is 2.44. The molecule has 18 heavy (non-hydrogen) atoms. The molecule has 0 fully saturated rings. The van der Waals surface area contributed by atoms with Gasteiger partial charge in [-0.15, -0.1) is 0 Å². The Bertz CT molecular complexity index is 493. The highest BCUT2D eigenvalue weighted by molar-refractivity contribution is 5.93. The zero-order valence-corrected chi connectivity index (χ0v) is 11.7. The predicted molar refractivity (Wildman–Crippen MR) is 69.6 cm³/mol. The maximum Gasteiger partial charge on any atom is 0.340 e. The van der Waals surface area contributed by atoms with Crippen LogP contribution in [0.25, 0.3) is 0 Å². The molecule has 0 radical (unpaired) electrons. The van der Waals surface area contributed by atoms with Crippen LogP contribution in [-0.4, -0.2) is 17.1 Å². The van der Waals surface area contributed by atoms with E-state index in [1.165, 1.54) is 0 Å². The molecule has 4 nitrogen and oxygen atoms in total. The van der Waals surface area contributed by atoms with Crippen molar-refractivity contribution in [2.24, 2.45) is 0 Å². The summed E-state index contributed by atoms with van der Waals surface area (Å²) < 4.78 is 6.99. The van der Waals surface area contributed by atoms with Crippen LogP contribution in [0.15, 0.2) is 0 Å². The van der Waals surface area contributed by atoms with Gasteiger partial charge in [0.15, 0.2) is 0 Å². The van der Waals surface area contributed by atoms with E-state index in [2.05, 4.69) is 19.9 Å². The molecule has 0 bridgehead atoms. The molecule has 0 aliphatic carbocycles. The van der Waals surface area contributed by atoms with Crippen LogP contribution in [0.3, 0.4) is 0 Å². The molecule has 98 valence electrons. The van der Waals surface area contributed by atoms with Crippen LogP contribution in [0, 0.1) is 25.2 Å². The Morgan fingerprint density at radius 2 is 2.06 bits per heavy atom. The third-order valence-corrected chi connectivity index (χ3v) is 3.07. The van der Waals surface area contributed by atoms with E-state index in [9.17, 15) is 4.79 Å². The van der Waals surface area contributed by atoms with Crippen molar-refractivity contribution >= 4 is 5.97 Å². The van der Waals surface area contributed by atoms with Gasteiger partial charge in [0, 0.05) is 11.4 Å². The minimum Gasteiger partial charge on any atom is -0.462 e. The molecule has 0 saturated heterocycles. The second-order valence-corrected chi connectivity index (χ2v) is 4.59. The first-order chi connectivity index (χ1) is 8.45. The molecule has 1 rings (SSSR count). The van der Waals surface area contributed by atoms with Crippen LogP contribution < -0.4 is 0 Å². The summed E-state index contributed by atoms with van der Waals surface area (Å²) in [6.07, 6.45) is 0. The Morgan fingerprint density at radius 3 is 2.50 bits per heavy atom. The number of nitriles is 1. The van der Waals surface area contributed by atoms with Crippen molar-refractivity contribution in [3.05, 3.63) is 22.5 Å². The Morgan fingerprint density at radius 1 is 1.44 bits per heavy atom. The molecule has 0 aromatic carbocycles. The number of aromatic nitrogens is 1. The van der Waals surface area contributed by atoms with E-state index in [1.54, 1.807) is 6.92 Å². The molecule has 0 saturated carbocycles. The molecular formula is C14H20N2O2. The summed E-state index contributed by atoms with van der Waals surface area (Å²) in [4.78, 5) is 12.0. The van der Waals surface area contributed by atoms with Gasteiger partial charge in [-0.3, -0.25) is 0 Å². The largest absolute Gasteiger partial charge is 0.462 e. The number of esters is 1. The van der Waals surface area contributed by atoms with E-state index in [4.69, 9.17) is 10.00 Å². The van der Waals surface area contributed by atoms with Gasteiger partial charge in [-0.1, -0.05) is 13.8 Å². The summed E-state index contributed by atoms with van der Waals surface area (Å²) >= 11 is 0. The van der Waals surface area contributed by atoms with Gasteiger partial charge >= 0.3 is 5.97 Å². The fraction of sp³-hybridized carbons (Fsp3) is 0.571. The van der Waals surface area contributed by atoms with Crippen molar-refractivity contribution in [2.45, 2.75) is 47.1 Å². The van der Waals surface area contributed by atoms with Gasteiger partial charge in [-0.05, 0) is 32.3 Å². The van der Waals surface area contributed by atoms with Crippen LogP contribution in [-0.2, 0) is 11.3 Å². The second kappa shape index (κ2) is 5.72. The lowest BCUT2D eigenvalue weighted by Gasteiger charge is -2.11. The highest BCUT2D eigenvalue weighted by Gasteiger charge is 2.24. The molecule has 0 N–H and O–H groups in total. The molecule has 0 atom stereocenters. The van der Waals surface area contributed by atoms with Crippen LogP contribution in [0.4, 0.5) is 0 Å². The average Bonchev–Trinajstić information content (AvgIpc) is 2.51. The van der Waals surface area contributed by atoms with Gasteiger partial charge in [-0.2, -0.15) is 5.26 Å². The molecule has 4 heteroatoms. The number of carbonyl (C=O) groups is 1. The number of rotatable bonds is 4. The maximum absolute atomic E-state index is 12.0. The van der Waals surface area contributed by atoms with Crippen LogP contribution in [0.1, 0.15) is 54.0 Å². The van der Waals surface area contributed by atoms with Crippen LogP contribution >= 0.6 is 0 Å². The predicted octanol–water partition coefficient (Wildman–Crippen LogP) is 2.93. The van der Waals surface area contributed by atoms with E-state index >= 15 is 0 Å². The van der Waals surface area contributed by atoms with Crippen molar-refractivity contribution in [3.8, 4) is 6.07 Å². The Labute approximate surface area is 108 Å². The highest BCUT2D eigenvalue weighted by Crippen LogP contribution is 2.28. The van der Waals surface area contributed by atoms with E-state index in [0.29, 0.717) is 12.2 Å². The van der Waals surface area contributed by atoms with Crippen molar-refractivity contribution in [3.63, 3.8) is 0 Å². The summed E-state index contributed by atoms with van der Waals surface area (Å²) in [5.74, 6) is -0.0358. The molecule has 1 aromatic rings. The van der Waals surface area contributed by atoms with Crippen LogP contribution in [0.2, 0.25) is 0 Å². The Balaban J connectivity index is 3.42. The lowest BCUT2D eigenvalue weighted by molar-refractivity contribution is 0.0524. The van der Waals surface area contributed by atoms with Crippen molar-refractivity contribution in [2.75, 3.05) is 6.61 Å². The molecule has 1 heterocycles. The lowest BCUT2D eigenvalue weighted by Crippen LogP contribution is -2.08. The van der Waals surface area contributed by atoms with Crippen molar-refractivity contribution in [1.82, 2.24) is 4.57 Å². The lowest BCUT2D eigenvalue weighted by atomic mass is 10.0. The first kappa shape index (κ1) is 14.3. The normalized spacial score (nSPS) is 10.5. The van der Waals surface area contributed by atoms with Gasteiger partial charge in [0.1, 0.15) is 6.54 Å². The van der Waals surface area contributed by atoms with E-state index < -0.39 is 0 Å². The second-order valence-electron chi connectivity index (χ2n) is 4.59. The topological polar surface area (TPSA) is 55.0 Å². The van der Waals surface area contributed by atoms with Crippen molar-refractivity contribution < 1.29 is 9.53 Å². The van der Waals surface area contributed by atoms with Crippen LogP contribution in [0.5, 0.6) is 0 Å². The molecule has 1 aromatic heterocycles. The third kappa shape index (κ3) is 2.40. The maximum atomic E-state index is 12.0. The van der Waals surface area contributed by atoms with E-state index in [-0.39, 0.29) is 18.4 Å². The summed E-state index contributed by atoms with van der Waals surface area (Å²) in [6.45, 7) is 10.3. The highest BCUT2D eigenvalue weighted by atomic mass is 16.5. The number of hydrogen-bond donors (Lipinski definition) is 0. The number of carbonyl (C=O) groups excluding carboxylic acids is 1. The number of ether oxygens (including phenoxy) is 1. The van der Waals surface area contributed by atoms with Gasteiger partial charge in [0.2, 0.25) is 0 Å². The Hall–Kier alpha value is -1.76. The van der Waals surface area contributed by atoms with Gasteiger partial charge in [0.05, 0.1) is 18.2 Å². The Kier molecular flexibility index (Phi) is 4.55. The quantitative estimate of drug-likeness (QED) is 0.770. The SMILES string of the molecule is CCOC(=O)c1c(C)c(C(C)C)n(CC#N)c1C. The summed E-state index contributed by atoms with van der Waals surface area (Å²) in [5, 5.41) is 8.91. The molecule has 0 aliphatic rings. The minimum atomic E-state index is -0.300. The summed E-state index contributed by atoms with van der Waals surface area (Å²) in [5.41, 5.74) is 3.39. The average molecular weight is 248 g/mol. The first-order valence-corrected chi connectivity index (χ1v) is 6.19. The number of hydrogen-bond acceptors (Lipinski definition) is 3. The molecule has 0 amide bonds. The monoisotopic (exact) mass is 248 g/mol. The third-order valence-electron chi connectivity index (χ3n) is 3.07. The van der Waals surface area contributed by atoms with Gasteiger partial charge in [-0.25, -0.2) is 4.79 Å². The smallest absolute Gasteiger partial charge is 0.340 e. The fourth-order valence-electron chi connectivity index (χ4n) is 2.44. The summed E-state index contributed by atoms with van der Waals surface area (Å²) in [7, 11) is 0. The van der Waals surface area contributed by atoms with Crippen molar-refractivity contribution in [1.29, 1.82) is 5.26 Å². The van der Waals surface area contributed by atoms with E-state index in [0.717, 1.165) is 17.0 Å². The number of nitrogens with zero attached hydrogens (tertiary/aromatic N) is 2. The van der Waals surface area contributed by atoms with E-state index in [1.807, 2.05) is 18.4 Å². The molecule has 0 spiro atoms. The standard InChI is InChI=1S/C14H20N2O2/c1-6-18-14(17)12-10(4)13(9(2)3)16(8-7-15)11(12)5/h9H,6,8H2,1-5H3. The zero-order chi connectivity index (χ0) is 13.9. The summed E-state index contributed by atoms with van der Waals surface area (Å²) in [6, 6.07) is 2.14. The molecule has 0 unspecified atom stereocenters. The minimum absolute atomic E-state index is 0.263. The van der Waals surface area contributed by atoms with Gasteiger partial charge in [0.25, 0.3) is 0 Å². The molecular weight excluding hydrogens is 228 g/mol. The zero-order valence-electron chi connectivity index (χ0n) is 11.7.